The van der Waals surface area contributed by atoms with Crippen molar-refractivity contribution in [2.75, 3.05) is 0 Å². The molecular weight excluding hydrogens is 232 g/mol. The number of allylic oxidation sites excluding steroid dienone is 2. The predicted octanol–water partition coefficient (Wildman–Crippen LogP) is 3.19. The first-order chi connectivity index (χ1) is 8.30. The first-order valence-electron chi connectivity index (χ1n) is 7.33. The van der Waals surface area contributed by atoms with E-state index in [1.165, 1.54) is 30.7 Å². The molecule has 6 fully saturated rings. The Hall–Kier alpha value is -0.0100. The first-order valence-corrected chi connectivity index (χ1v) is 7.70. The van der Waals surface area contributed by atoms with Gasteiger partial charge in [0.25, 0.3) is 0 Å². The van der Waals surface area contributed by atoms with E-state index in [1.54, 1.807) is 0 Å². The van der Waals surface area contributed by atoms with Gasteiger partial charge in [0.1, 0.15) is 0 Å². The van der Waals surface area contributed by atoms with Crippen molar-refractivity contribution in [3.05, 3.63) is 11.1 Å². The maximum atomic E-state index is 6.49. The van der Waals surface area contributed by atoms with E-state index in [1.807, 2.05) is 0 Å². The van der Waals surface area contributed by atoms with E-state index in [-0.39, 0.29) is 0 Å². The molecule has 9 unspecified atom stereocenters. The molecule has 0 aromatic rings. The van der Waals surface area contributed by atoms with Crippen LogP contribution in [0, 0.1) is 40.9 Å². The van der Waals surface area contributed by atoms with Gasteiger partial charge in [-0.1, -0.05) is 17.7 Å². The van der Waals surface area contributed by atoms with Gasteiger partial charge in [0.15, 0.2) is 0 Å². The van der Waals surface area contributed by atoms with Crippen molar-refractivity contribution in [2.45, 2.75) is 37.9 Å². The fourth-order valence-corrected chi connectivity index (χ4v) is 7.20. The minimum Gasteiger partial charge on any atom is -0.369 e. The standard InChI is InChI=1S/C15H17ClO/c16-11-5-8-4-7(11)1-6-2-9-12-14-13(17-14)10(3-6)15(8,9)12/h5-10,12-14H,1-4H2. The zero-order valence-electron chi connectivity index (χ0n) is 9.81. The van der Waals surface area contributed by atoms with Crippen LogP contribution in [0.2, 0.25) is 0 Å². The molecular formula is C15H17ClO. The predicted molar refractivity (Wildman–Crippen MR) is 64.4 cm³/mol. The second kappa shape index (κ2) is 2.36. The lowest BCUT2D eigenvalue weighted by Gasteiger charge is -2.41. The zero-order valence-corrected chi connectivity index (χ0v) is 10.6. The molecule has 2 heteroatoms. The van der Waals surface area contributed by atoms with Crippen molar-refractivity contribution in [2.24, 2.45) is 40.9 Å². The molecule has 6 aliphatic carbocycles. The van der Waals surface area contributed by atoms with Crippen molar-refractivity contribution in [1.82, 2.24) is 0 Å². The third-order valence-corrected chi connectivity index (χ3v) is 7.66. The van der Waals surface area contributed by atoms with Crippen LogP contribution in [-0.4, -0.2) is 12.2 Å². The van der Waals surface area contributed by atoms with Gasteiger partial charge in [-0.05, 0) is 66.6 Å². The summed E-state index contributed by atoms with van der Waals surface area (Å²) >= 11 is 6.49. The highest BCUT2D eigenvalue weighted by Crippen LogP contribution is 2.85. The molecule has 0 aromatic carbocycles. The number of hydrogen-bond donors (Lipinski definition) is 0. The summed E-state index contributed by atoms with van der Waals surface area (Å²) in [6.07, 6.45) is 9.51. The normalized spacial score (nSPS) is 72.4. The minimum absolute atomic E-state index is 0.670. The largest absolute Gasteiger partial charge is 0.369 e. The lowest BCUT2D eigenvalue weighted by atomic mass is 9.63. The van der Waals surface area contributed by atoms with Gasteiger partial charge in [-0.3, -0.25) is 0 Å². The Balaban J connectivity index is 1.57. The summed E-state index contributed by atoms with van der Waals surface area (Å²) in [4.78, 5) is 0. The Morgan fingerprint density at radius 1 is 1.12 bits per heavy atom. The SMILES string of the molecule is ClC1=CC2CC1CC1CC3C4OC4C4C(C1)C234. The van der Waals surface area contributed by atoms with Gasteiger partial charge < -0.3 is 4.74 Å². The molecule has 17 heavy (non-hydrogen) atoms. The Labute approximate surface area is 107 Å². The monoisotopic (exact) mass is 248 g/mol. The van der Waals surface area contributed by atoms with Crippen molar-refractivity contribution in [3.8, 4) is 0 Å². The number of fused-ring (bicyclic) bond motifs is 2. The maximum Gasteiger partial charge on any atom is 0.0881 e. The fourth-order valence-electron chi connectivity index (χ4n) is 6.87. The van der Waals surface area contributed by atoms with Gasteiger partial charge in [0.2, 0.25) is 0 Å². The number of rotatable bonds is 0. The van der Waals surface area contributed by atoms with Crippen LogP contribution in [0.25, 0.3) is 0 Å². The molecule has 4 bridgehead atoms. The Morgan fingerprint density at radius 2 is 2.00 bits per heavy atom. The molecule has 1 aliphatic heterocycles. The molecule has 1 saturated heterocycles. The molecule has 5 saturated carbocycles. The van der Waals surface area contributed by atoms with Gasteiger partial charge in [-0.25, -0.2) is 0 Å². The quantitative estimate of drug-likeness (QED) is 0.600. The van der Waals surface area contributed by atoms with E-state index in [9.17, 15) is 0 Å². The van der Waals surface area contributed by atoms with Crippen LogP contribution >= 0.6 is 11.6 Å². The number of hydrogen-bond acceptors (Lipinski definition) is 1. The summed E-state index contributed by atoms with van der Waals surface area (Å²) in [5.74, 6) is 5.36. The highest BCUT2D eigenvalue weighted by molar-refractivity contribution is 6.30. The van der Waals surface area contributed by atoms with Gasteiger partial charge >= 0.3 is 0 Å². The van der Waals surface area contributed by atoms with Crippen LogP contribution in [-0.2, 0) is 4.74 Å². The van der Waals surface area contributed by atoms with Crippen LogP contribution < -0.4 is 0 Å². The summed E-state index contributed by atoms with van der Waals surface area (Å²) in [5, 5.41) is 1.21. The molecule has 1 spiro atoms. The van der Waals surface area contributed by atoms with Crippen LogP contribution in [0.3, 0.4) is 0 Å². The summed E-state index contributed by atoms with van der Waals surface area (Å²) in [5.41, 5.74) is 0.680. The van der Waals surface area contributed by atoms with Crippen molar-refractivity contribution in [1.29, 1.82) is 0 Å². The summed E-state index contributed by atoms with van der Waals surface area (Å²) in [6.45, 7) is 0. The van der Waals surface area contributed by atoms with Crippen molar-refractivity contribution in [3.63, 3.8) is 0 Å². The second-order valence-corrected chi connectivity index (χ2v) is 7.90. The number of ether oxygens (including phenoxy) is 1. The highest BCUT2D eigenvalue weighted by Gasteiger charge is 2.86. The van der Waals surface area contributed by atoms with E-state index in [2.05, 4.69) is 6.08 Å². The van der Waals surface area contributed by atoms with Crippen LogP contribution in [0.4, 0.5) is 0 Å². The van der Waals surface area contributed by atoms with Crippen LogP contribution in [0.1, 0.15) is 25.7 Å². The Kier molecular flexibility index (Phi) is 1.25. The molecule has 7 rings (SSSR count). The lowest BCUT2D eigenvalue weighted by Crippen LogP contribution is -2.36. The lowest BCUT2D eigenvalue weighted by molar-refractivity contribution is 0.0582. The van der Waals surface area contributed by atoms with E-state index >= 15 is 0 Å². The smallest absolute Gasteiger partial charge is 0.0881 e. The van der Waals surface area contributed by atoms with E-state index in [4.69, 9.17) is 16.3 Å². The van der Waals surface area contributed by atoms with Gasteiger partial charge in [-0.15, -0.1) is 0 Å². The molecule has 0 radical (unpaired) electrons. The fraction of sp³-hybridized carbons (Fsp3) is 0.867. The Morgan fingerprint density at radius 3 is 2.94 bits per heavy atom. The topological polar surface area (TPSA) is 12.5 Å². The van der Waals surface area contributed by atoms with Crippen LogP contribution in [0.15, 0.2) is 11.1 Å². The van der Waals surface area contributed by atoms with Crippen LogP contribution in [0.5, 0.6) is 0 Å². The molecule has 9 atom stereocenters. The van der Waals surface area contributed by atoms with Crippen molar-refractivity contribution < 1.29 is 4.74 Å². The van der Waals surface area contributed by atoms with E-state index < -0.39 is 0 Å². The molecule has 0 aromatic heterocycles. The molecule has 7 aliphatic rings. The number of halogens is 1. The van der Waals surface area contributed by atoms with E-state index in [0.29, 0.717) is 17.6 Å². The third kappa shape index (κ3) is 0.764. The summed E-state index contributed by atoms with van der Waals surface area (Å²) in [7, 11) is 0. The molecule has 1 nitrogen and oxygen atoms in total. The zero-order chi connectivity index (χ0) is 10.9. The molecule has 1 heterocycles. The molecule has 0 N–H and O–H groups in total. The van der Waals surface area contributed by atoms with Crippen molar-refractivity contribution >= 4 is 11.6 Å². The van der Waals surface area contributed by atoms with E-state index in [0.717, 1.165) is 35.5 Å². The number of epoxide rings is 1. The van der Waals surface area contributed by atoms with Gasteiger partial charge in [-0.2, -0.15) is 0 Å². The average molecular weight is 249 g/mol. The highest BCUT2D eigenvalue weighted by atomic mass is 35.5. The summed E-state index contributed by atoms with van der Waals surface area (Å²) < 4.78 is 5.94. The first kappa shape index (κ1) is 8.98. The molecule has 90 valence electrons. The average Bonchev–Trinajstić information content (AvgIpc) is 3.09. The maximum absolute atomic E-state index is 6.49. The Bertz CT molecular complexity index is 472. The minimum atomic E-state index is 0.670. The summed E-state index contributed by atoms with van der Waals surface area (Å²) in [6, 6.07) is 0. The second-order valence-electron chi connectivity index (χ2n) is 7.47. The molecule has 0 amide bonds. The van der Waals surface area contributed by atoms with Gasteiger partial charge in [0.05, 0.1) is 12.2 Å². The third-order valence-electron chi connectivity index (χ3n) is 7.22. The van der Waals surface area contributed by atoms with Gasteiger partial charge in [0, 0.05) is 5.03 Å².